The number of rotatable bonds is 3. The third kappa shape index (κ3) is 2.88. The first kappa shape index (κ1) is 14.3. The van der Waals surface area contributed by atoms with Crippen LogP contribution in [0.25, 0.3) is 0 Å². The Morgan fingerprint density at radius 1 is 1.33 bits per heavy atom. The predicted octanol–water partition coefficient (Wildman–Crippen LogP) is 1.25. The molecule has 1 aromatic heterocycles. The predicted molar refractivity (Wildman–Crippen MR) is 83.7 cm³/mol. The first-order valence-electron chi connectivity index (χ1n) is 7.93. The number of anilines is 1. The molecular weight excluding hydrogens is 264 g/mol. The molecule has 3 rings (SSSR count). The minimum atomic E-state index is -0.370. The summed E-state index contributed by atoms with van der Waals surface area (Å²) in [5, 5.41) is 3.42. The van der Waals surface area contributed by atoms with Gasteiger partial charge in [0.1, 0.15) is 5.82 Å². The summed E-state index contributed by atoms with van der Waals surface area (Å²) in [4.78, 5) is 18.8. The van der Waals surface area contributed by atoms with E-state index in [1.165, 1.54) is 5.56 Å². The van der Waals surface area contributed by atoms with Crippen LogP contribution in [0.2, 0.25) is 0 Å². The Bertz CT molecular complexity index is 535. The Kier molecular flexibility index (Phi) is 4.10. The maximum Gasteiger partial charge on any atom is 0.252 e. The van der Waals surface area contributed by atoms with E-state index in [-0.39, 0.29) is 5.91 Å². The molecular formula is C16H24N4O. The number of aryl methyl sites for hydroxylation is 2. The molecule has 1 amide bonds. The summed E-state index contributed by atoms with van der Waals surface area (Å²) < 4.78 is 0. The highest BCUT2D eigenvalue weighted by Crippen LogP contribution is 2.29. The van der Waals surface area contributed by atoms with Crippen LogP contribution in [0.1, 0.15) is 47.3 Å². The Morgan fingerprint density at radius 3 is 3.00 bits per heavy atom. The number of amides is 1. The zero-order valence-corrected chi connectivity index (χ0v) is 12.7. The topological polar surface area (TPSA) is 71.2 Å². The molecule has 5 heteroatoms. The maximum atomic E-state index is 11.8. The van der Waals surface area contributed by atoms with Gasteiger partial charge in [-0.3, -0.25) is 4.79 Å². The highest BCUT2D eigenvalue weighted by atomic mass is 16.1. The normalized spacial score (nSPS) is 21.7. The fourth-order valence-corrected chi connectivity index (χ4v) is 3.47. The first-order valence-corrected chi connectivity index (χ1v) is 7.93. The van der Waals surface area contributed by atoms with Crippen molar-refractivity contribution in [3.8, 4) is 0 Å². The summed E-state index contributed by atoms with van der Waals surface area (Å²) in [7, 11) is 2.05. The van der Waals surface area contributed by atoms with Crippen LogP contribution in [-0.4, -0.2) is 37.1 Å². The second kappa shape index (κ2) is 6.02. The number of hydrogen-bond donors (Lipinski definition) is 2. The minimum Gasteiger partial charge on any atom is -0.365 e. The molecule has 1 aliphatic heterocycles. The van der Waals surface area contributed by atoms with Crippen molar-refractivity contribution >= 4 is 11.7 Å². The lowest BCUT2D eigenvalue weighted by Gasteiger charge is -2.29. The molecule has 1 aliphatic carbocycles. The molecule has 1 atom stereocenters. The van der Waals surface area contributed by atoms with Crippen LogP contribution >= 0.6 is 0 Å². The van der Waals surface area contributed by atoms with Crippen LogP contribution in [0, 0.1) is 0 Å². The SMILES string of the molecule is CN(c1nc2c(cc1C(N)=O)CCC2)C1CCCNCC1. The van der Waals surface area contributed by atoms with E-state index in [9.17, 15) is 4.79 Å². The van der Waals surface area contributed by atoms with E-state index in [0.29, 0.717) is 11.6 Å². The van der Waals surface area contributed by atoms with Gasteiger partial charge in [0.15, 0.2) is 0 Å². The standard InChI is InChI=1S/C16H24N4O/c1-20(12-5-3-8-18-9-7-12)16-13(15(17)21)10-11-4-2-6-14(11)19-16/h10,12,18H,2-9H2,1H3,(H2,17,21). The molecule has 3 N–H and O–H groups in total. The number of primary amides is 1. The number of carbonyl (C=O) groups excluding carboxylic acids is 1. The number of carbonyl (C=O) groups is 1. The number of nitrogens with zero attached hydrogens (tertiary/aromatic N) is 2. The van der Waals surface area contributed by atoms with Crippen molar-refractivity contribution in [2.45, 2.75) is 44.6 Å². The average molecular weight is 288 g/mol. The molecule has 1 saturated heterocycles. The summed E-state index contributed by atoms with van der Waals surface area (Å²) in [5.41, 5.74) is 8.51. The molecule has 1 unspecified atom stereocenters. The number of aromatic nitrogens is 1. The fourth-order valence-electron chi connectivity index (χ4n) is 3.47. The van der Waals surface area contributed by atoms with Crippen LogP contribution in [0.4, 0.5) is 5.82 Å². The van der Waals surface area contributed by atoms with Gasteiger partial charge in [-0.25, -0.2) is 4.98 Å². The Morgan fingerprint density at radius 2 is 2.19 bits per heavy atom. The van der Waals surface area contributed by atoms with E-state index in [1.54, 1.807) is 0 Å². The van der Waals surface area contributed by atoms with Crippen LogP contribution in [0.3, 0.4) is 0 Å². The van der Waals surface area contributed by atoms with Gasteiger partial charge in [-0.05, 0) is 63.2 Å². The van der Waals surface area contributed by atoms with Crippen molar-refractivity contribution in [1.82, 2.24) is 10.3 Å². The van der Waals surface area contributed by atoms with E-state index in [4.69, 9.17) is 10.7 Å². The molecule has 0 saturated carbocycles. The zero-order valence-electron chi connectivity index (χ0n) is 12.7. The van der Waals surface area contributed by atoms with E-state index >= 15 is 0 Å². The summed E-state index contributed by atoms with van der Waals surface area (Å²) in [6.45, 7) is 2.09. The van der Waals surface area contributed by atoms with Crippen molar-refractivity contribution < 1.29 is 4.79 Å². The van der Waals surface area contributed by atoms with Crippen LogP contribution in [0.15, 0.2) is 6.07 Å². The molecule has 1 aromatic rings. The molecule has 2 aliphatic rings. The highest BCUT2D eigenvalue weighted by molar-refractivity contribution is 5.98. The number of fused-ring (bicyclic) bond motifs is 1. The lowest BCUT2D eigenvalue weighted by molar-refractivity contribution is 0.100. The van der Waals surface area contributed by atoms with Gasteiger partial charge in [0.05, 0.1) is 5.56 Å². The molecule has 21 heavy (non-hydrogen) atoms. The smallest absolute Gasteiger partial charge is 0.252 e. The van der Waals surface area contributed by atoms with Crippen molar-refractivity contribution in [2.75, 3.05) is 25.0 Å². The lowest BCUT2D eigenvalue weighted by atomic mass is 10.1. The van der Waals surface area contributed by atoms with Crippen LogP contribution < -0.4 is 16.0 Å². The number of pyridine rings is 1. The minimum absolute atomic E-state index is 0.370. The van der Waals surface area contributed by atoms with Crippen molar-refractivity contribution in [3.05, 3.63) is 22.9 Å². The van der Waals surface area contributed by atoms with Crippen molar-refractivity contribution in [2.24, 2.45) is 5.73 Å². The third-order valence-corrected chi connectivity index (χ3v) is 4.72. The molecule has 0 spiro atoms. The first-order chi connectivity index (χ1) is 10.2. The molecule has 0 radical (unpaired) electrons. The molecule has 114 valence electrons. The van der Waals surface area contributed by atoms with Crippen LogP contribution in [0.5, 0.6) is 0 Å². The molecule has 1 fully saturated rings. The fraction of sp³-hybridized carbons (Fsp3) is 0.625. The summed E-state index contributed by atoms with van der Waals surface area (Å²) in [5.74, 6) is 0.404. The van der Waals surface area contributed by atoms with Crippen molar-refractivity contribution in [3.63, 3.8) is 0 Å². The molecule has 0 aromatic carbocycles. The summed E-state index contributed by atoms with van der Waals surface area (Å²) >= 11 is 0. The molecule has 5 nitrogen and oxygen atoms in total. The van der Waals surface area contributed by atoms with Crippen LogP contribution in [-0.2, 0) is 12.8 Å². The Hall–Kier alpha value is -1.62. The van der Waals surface area contributed by atoms with E-state index in [0.717, 1.165) is 63.1 Å². The Labute approximate surface area is 125 Å². The van der Waals surface area contributed by atoms with Gasteiger partial charge >= 0.3 is 0 Å². The van der Waals surface area contributed by atoms with Gasteiger partial charge in [0.25, 0.3) is 5.91 Å². The van der Waals surface area contributed by atoms with E-state index in [1.807, 2.05) is 13.1 Å². The Balaban J connectivity index is 1.93. The lowest BCUT2D eigenvalue weighted by Crippen LogP contribution is -2.35. The second-order valence-corrected chi connectivity index (χ2v) is 6.13. The maximum absolute atomic E-state index is 11.8. The van der Waals surface area contributed by atoms with Gasteiger partial charge in [-0.1, -0.05) is 0 Å². The van der Waals surface area contributed by atoms with Gasteiger partial charge in [-0.2, -0.15) is 0 Å². The number of hydrogen-bond acceptors (Lipinski definition) is 4. The van der Waals surface area contributed by atoms with E-state index < -0.39 is 0 Å². The monoisotopic (exact) mass is 288 g/mol. The largest absolute Gasteiger partial charge is 0.365 e. The molecule has 2 heterocycles. The summed E-state index contributed by atoms with van der Waals surface area (Å²) in [6.07, 6.45) is 6.52. The van der Waals surface area contributed by atoms with Gasteiger partial charge in [-0.15, -0.1) is 0 Å². The second-order valence-electron chi connectivity index (χ2n) is 6.13. The third-order valence-electron chi connectivity index (χ3n) is 4.72. The summed E-state index contributed by atoms with van der Waals surface area (Å²) in [6, 6.07) is 2.39. The van der Waals surface area contributed by atoms with Gasteiger partial charge in [0.2, 0.25) is 0 Å². The number of nitrogens with one attached hydrogen (secondary N) is 1. The molecule has 0 bridgehead atoms. The van der Waals surface area contributed by atoms with Gasteiger partial charge in [0, 0.05) is 18.8 Å². The number of nitrogens with two attached hydrogens (primary N) is 1. The quantitative estimate of drug-likeness (QED) is 0.878. The zero-order chi connectivity index (χ0) is 14.8. The van der Waals surface area contributed by atoms with Gasteiger partial charge < -0.3 is 16.0 Å². The van der Waals surface area contributed by atoms with Crippen molar-refractivity contribution in [1.29, 1.82) is 0 Å². The highest BCUT2D eigenvalue weighted by Gasteiger charge is 2.25. The average Bonchev–Trinajstić information content (AvgIpc) is 2.76. The van der Waals surface area contributed by atoms with E-state index in [2.05, 4.69) is 10.2 Å².